The van der Waals surface area contributed by atoms with Gasteiger partial charge in [0.1, 0.15) is 6.61 Å². The molecular formula is C22H28N2O3. The Hall–Kier alpha value is -2.04. The van der Waals surface area contributed by atoms with Crippen LogP contribution in [-0.4, -0.2) is 42.1 Å². The highest BCUT2D eigenvalue weighted by molar-refractivity contribution is 5.81. The minimum atomic E-state index is -0.339. The maximum atomic E-state index is 12.8. The number of cyclic esters (lactones) is 1. The molecule has 0 aromatic heterocycles. The molecule has 4 aliphatic rings. The zero-order valence-electron chi connectivity index (χ0n) is 16.0. The summed E-state index contributed by atoms with van der Waals surface area (Å²) in [5, 5.41) is 2.88. The van der Waals surface area contributed by atoms with Crippen molar-refractivity contribution in [3.8, 4) is 0 Å². The number of ether oxygens (including phenoxy) is 1. The molecule has 4 fully saturated rings. The zero-order valence-corrected chi connectivity index (χ0v) is 16.0. The number of likely N-dealkylation sites (tertiary alicyclic amines) is 1. The third-order valence-electron chi connectivity index (χ3n) is 7.59. The van der Waals surface area contributed by atoms with Crippen LogP contribution in [-0.2, 0) is 9.53 Å². The van der Waals surface area contributed by atoms with Crippen LogP contribution in [0, 0.1) is 18.3 Å². The lowest BCUT2D eigenvalue weighted by atomic mass is 9.55. The summed E-state index contributed by atoms with van der Waals surface area (Å²) in [5.41, 5.74) is 3.12. The normalized spacial score (nSPS) is 28.4. The van der Waals surface area contributed by atoms with Crippen molar-refractivity contribution in [2.45, 2.75) is 56.9 Å². The third-order valence-corrected chi connectivity index (χ3v) is 7.59. The highest BCUT2D eigenvalue weighted by Gasteiger charge is 2.54. The molecule has 5 nitrogen and oxygen atoms in total. The van der Waals surface area contributed by atoms with Crippen molar-refractivity contribution in [1.29, 1.82) is 0 Å². The fourth-order valence-corrected chi connectivity index (χ4v) is 5.89. The van der Waals surface area contributed by atoms with E-state index in [1.54, 1.807) is 0 Å². The molecule has 0 atom stereocenters. The van der Waals surface area contributed by atoms with Gasteiger partial charge in [-0.05, 0) is 67.9 Å². The average Bonchev–Trinajstić information content (AvgIpc) is 3.01. The van der Waals surface area contributed by atoms with Crippen LogP contribution < -0.4 is 5.32 Å². The largest absolute Gasteiger partial charge is 0.447 e. The van der Waals surface area contributed by atoms with Gasteiger partial charge in [0.15, 0.2) is 0 Å². The Kier molecular flexibility index (Phi) is 3.78. The topological polar surface area (TPSA) is 58.6 Å². The number of nitrogens with one attached hydrogen (secondary N) is 1. The second kappa shape index (κ2) is 5.98. The molecule has 2 saturated carbocycles. The molecule has 1 aromatic rings. The summed E-state index contributed by atoms with van der Waals surface area (Å²) in [6.45, 7) is 4.42. The van der Waals surface area contributed by atoms with Gasteiger partial charge in [-0.1, -0.05) is 24.3 Å². The number of amides is 2. The molecule has 0 radical (unpaired) electrons. The Bertz CT molecular complexity index is 768. The van der Waals surface area contributed by atoms with Crippen LogP contribution in [0.1, 0.15) is 55.6 Å². The first-order valence-electron chi connectivity index (χ1n) is 10.3. The third kappa shape index (κ3) is 2.82. The molecule has 5 rings (SSSR count). The van der Waals surface area contributed by atoms with E-state index in [-0.39, 0.29) is 23.5 Å². The predicted molar refractivity (Wildman–Crippen MR) is 101 cm³/mol. The van der Waals surface area contributed by atoms with E-state index in [0.717, 1.165) is 38.8 Å². The first-order valence-corrected chi connectivity index (χ1v) is 10.3. The fraction of sp³-hybridized carbons (Fsp3) is 0.636. The minimum Gasteiger partial charge on any atom is -0.447 e. The summed E-state index contributed by atoms with van der Waals surface area (Å²) >= 11 is 0. The number of nitrogens with zero attached hydrogens (tertiary/aromatic N) is 1. The first-order chi connectivity index (χ1) is 13.0. The molecule has 2 aliphatic carbocycles. The van der Waals surface area contributed by atoms with Crippen molar-refractivity contribution in [3.63, 3.8) is 0 Å². The maximum absolute atomic E-state index is 12.8. The highest BCUT2D eigenvalue weighted by atomic mass is 16.6. The SMILES string of the molecule is Cc1ccccc1C1CC2(CCN(C(=O)[C@H]3C[C@]4(COC(=O)N4)C3)CC2)C1. The second-order valence-corrected chi connectivity index (χ2v) is 9.37. The van der Waals surface area contributed by atoms with Gasteiger partial charge in [-0.2, -0.15) is 0 Å². The number of carbonyl (C=O) groups excluding carboxylic acids is 2. The molecule has 144 valence electrons. The molecule has 1 N–H and O–H groups in total. The van der Waals surface area contributed by atoms with E-state index in [4.69, 9.17) is 4.74 Å². The molecule has 2 saturated heterocycles. The molecule has 2 heterocycles. The smallest absolute Gasteiger partial charge is 0.407 e. The van der Waals surface area contributed by atoms with E-state index in [0.29, 0.717) is 17.9 Å². The van der Waals surface area contributed by atoms with Gasteiger partial charge in [0.05, 0.1) is 5.54 Å². The highest BCUT2D eigenvalue weighted by Crippen LogP contribution is 2.57. The van der Waals surface area contributed by atoms with Gasteiger partial charge in [-0.15, -0.1) is 0 Å². The summed E-state index contributed by atoms with van der Waals surface area (Å²) in [4.78, 5) is 26.2. The van der Waals surface area contributed by atoms with Gasteiger partial charge >= 0.3 is 6.09 Å². The van der Waals surface area contributed by atoms with E-state index >= 15 is 0 Å². The Labute approximate surface area is 160 Å². The van der Waals surface area contributed by atoms with Crippen LogP contribution in [0.4, 0.5) is 4.79 Å². The molecule has 1 aromatic carbocycles. The number of hydrogen-bond acceptors (Lipinski definition) is 3. The van der Waals surface area contributed by atoms with Crippen molar-refractivity contribution in [1.82, 2.24) is 10.2 Å². The number of carbonyl (C=O) groups is 2. The number of piperidine rings is 1. The molecule has 0 unspecified atom stereocenters. The number of benzene rings is 1. The van der Waals surface area contributed by atoms with E-state index in [2.05, 4.69) is 41.4 Å². The van der Waals surface area contributed by atoms with Crippen molar-refractivity contribution in [3.05, 3.63) is 35.4 Å². The Morgan fingerprint density at radius 3 is 2.48 bits per heavy atom. The van der Waals surface area contributed by atoms with Gasteiger partial charge in [0, 0.05) is 19.0 Å². The lowest BCUT2D eigenvalue weighted by Crippen LogP contribution is -2.59. The maximum Gasteiger partial charge on any atom is 0.407 e. The summed E-state index contributed by atoms with van der Waals surface area (Å²) < 4.78 is 5.01. The van der Waals surface area contributed by atoms with Crippen LogP contribution in [0.5, 0.6) is 0 Å². The first kappa shape index (κ1) is 17.1. The number of aryl methyl sites for hydroxylation is 1. The number of rotatable bonds is 2. The molecule has 2 amide bonds. The van der Waals surface area contributed by atoms with Gasteiger partial charge in [-0.25, -0.2) is 4.79 Å². The zero-order chi connectivity index (χ0) is 18.6. The van der Waals surface area contributed by atoms with Gasteiger partial charge in [0.25, 0.3) is 0 Å². The molecule has 27 heavy (non-hydrogen) atoms. The lowest BCUT2D eigenvalue weighted by Gasteiger charge is -2.53. The van der Waals surface area contributed by atoms with Crippen LogP contribution in [0.25, 0.3) is 0 Å². The van der Waals surface area contributed by atoms with Crippen LogP contribution in [0.2, 0.25) is 0 Å². The van der Waals surface area contributed by atoms with Gasteiger partial charge in [0.2, 0.25) is 5.91 Å². The summed E-state index contributed by atoms with van der Waals surface area (Å²) in [7, 11) is 0. The molecule has 2 aliphatic heterocycles. The van der Waals surface area contributed by atoms with Gasteiger partial charge in [-0.3, -0.25) is 4.79 Å². The predicted octanol–water partition coefficient (Wildman–Crippen LogP) is 3.37. The summed E-state index contributed by atoms with van der Waals surface area (Å²) in [6.07, 6.45) is 5.95. The molecule has 5 heteroatoms. The molecular weight excluding hydrogens is 340 g/mol. The Morgan fingerprint density at radius 2 is 1.85 bits per heavy atom. The standard InChI is InChI=1S/C22H28N2O3/c1-15-4-2-3-5-18(15)16-10-21(11-16)6-8-24(9-7-21)19(25)17-12-22(13-17)14-27-20(26)23-22/h2-5,16-17H,6-14H2,1H3,(H,23,26)/t17-,22+. The van der Waals surface area contributed by atoms with Crippen molar-refractivity contribution in [2.24, 2.45) is 11.3 Å². The molecule has 0 bridgehead atoms. The Morgan fingerprint density at radius 1 is 1.15 bits per heavy atom. The van der Waals surface area contributed by atoms with Gasteiger partial charge < -0.3 is 15.0 Å². The van der Waals surface area contributed by atoms with Crippen LogP contribution in [0.15, 0.2) is 24.3 Å². The molecule has 2 spiro atoms. The van der Waals surface area contributed by atoms with Crippen molar-refractivity contribution >= 4 is 12.0 Å². The lowest BCUT2D eigenvalue weighted by molar-refractivity contribution is -0.144. The quantitative estimate of drug-likeness (QED) is 0.871. The van der Waals surface area contributed by atoms with Crippen molar-refractivity contribution in [2.75, 3.05) is 19.7 Å². The fourth-order valence-electron chi connectivity index (χ4n) is 5.89. The number of hydrogen-bond donors (Lipinski definition) is 1. The van der Waals surface area contributed by atoms with E-state index in [9.17, 15) is 9.59 Å². The second-order valence-electron chi connectivity index (χ2n) is 9.37. The van der Waals surface area contributed by atoms with Crippen molar-refractivity contribution < 1.29 is 14.3 Å². The van der Waals surface area contributed by atoms with Crippen LogP contribution in [0.3, 0.4) is 0 Å². The van der Waals surface area contributed by atoms with E-state index in [1.165, 1.54) is 24.0 Å². The van der Waals surface area contributed by atoms with Crippen LogP contribution >= 0.6 is 0 Å². The summed E-state index contributed by atoms with van der Waals surface area (Å²) in [5.74, 6) is 1.04. The van der Waals surface area contributed by atoms with E-state index in [1.807, 2.05) is 0 Å². The number of alkyl carbamates (subject to hydrolysis) is 1. The van der Waals surface area contributed by atoms with E-state index < -0.39 is 0 Å². The summed E-state index contributed by atoms with van der Waals surface area (Å²) in [6, 6.07) is 8.76. The monoisotopic (exact) mass is 368 g/mol. The average molecular weight is 368 g/mol. The minimum absolute atomic E-state index is 0.0576. The Balaban J connectivity index is 1.12.